The van der Waals surface area contributed by atoms with E-state index in [1.807, 2.05) is 36.5 Å². The molecule has 0 fully saturated rings. The predicted molar refractivity (Wildman–Crippen MR) is 86.3 cm³/mol. The second kappa shape index (κ2) is 7.93. The van der Waals surface area contributed by atoms with E-state index >= 15 is 0 Å². The number of rotatable bonds is 8. The van der Waals surface area contributed by atoms with Gasteiger partial charge in [-0.25, -0.2) is 0 Å². The Bertz CT molecular complexity index is 519. The highest BCUT2D eigenvalue weighted by molar-refractivity contribution is 5.28. The Morgan fingerprint density at radius 3 is 2.57 bits per heavy atom. The molecular formula is C17H26N4. The number of para-hydroxylation sites is 1. The summed E-state index contributed by atoms with van der Waals surface area (Å²) in [5.74, 6) is 0.794. The highest BCUT2D eigenvalue weighted by atomic mass is 15.5. The van der Waals surface area contributed by atoms with Crippen molar-refractivity contribution in [3.8, 4) is 5.69 Å². The van der Waals surface area contributed by atoms with E-state index in [0.29, 0.717) is 6.04 Å². The summed E-state index contributed by atoms with van der Waals surface area (Å²) >= 11 is 0. The molecule has 2 rings (SSSR count). The number of nitrogens with one attached hydrogen (secondary N) is 1. The van der Waals surface area contributed by atoms with Crippen LogP contribution in [0.15, 0.2) is 36.5 Å². The zero-order valence-corrected chi connectivity index (χ0v) is 13.3. The van der Waals surface area contributed by atoms with Gasteiger partial charge in [0.1, 0.15) is 0 Å². The number of hydrogen-bond donors (Lipinski definition) is 1. The summed E-state index contributed by atoms with van der Waals surface area (Å²) < 4.78 is 0. The van der Waals surface area contributed by atoms with Gasteiger partial charge in [0.25, 0.3) is 0 Å². The van der Waals surface area contributed by atoms with Gasteiger partial charge in [-0.2, -0.15) is 15.0 Å². The first-order valence-electron chi connectivity index (χ1n) is 7.85. The molecule has 0 radical (unpaired) electrons. The molecule has 1 unspecified atom stereocenters. The highest BCUT2D eigenvalue weighted by Gasteiger charge is 2.06. The summed E-state index contributed by atoms with van der Waals surface area (Å²) in [7, 11) is 0. The van der Waals surface area contributed by atoms with Gasteiger partial charge in [0.2, 0.25) is 0 Å². The molecule has 1 N–H and O–H groups in total. The second-order valence-electron chi connectivity index (χ2n) is 6.07. The lowest BCUT2D eigenvalue weighted by atomic mass is 10.0. The topological polar surface area (TPSA) is 42.7 Å². The van der Waals surface area contributed by atoms with Crippen LogP contribution in [0.5, 0.6) is 0 Å². The van der Waals surface area contributed by atoms with Crippen molar-refractivity contribution in [2.45, 2.75) is 52.6 Å². The summed E-state index contributed by atoms with van der Waals surface area (Å²) in [6, 6.07) is 10.5. The third-order valence-corrected chi connectivity index (χ3v) is 3.58. The highest BCUT2D eigenvalue weighted by Crippen LogP contribution is 2.09. The third-order valence-electron chi connectivity index (χ3n) is 3.58. The largest absolute Gasteiger partial charge is 0.309 e. The van der Waals surface area contributed by atoms with Gasteiger partial charge in [0.05, 0.1) is 17.6 Å². The van der Waals surface area contributed by atoms with Crippen molar-refractivity contribution in [2.24, 2.45) is 5.92 Å². The van der Waals surface area contributed by atoms with E-state index in [-0.39, 0.29) is 0 Å². The maximum absolute atomic E-state index is 4.50. The Morgan fingerprint density at radius 1 is 1.10 bits per heavy atom. The molecule has 0 aliphatic heterocycles. The maximum atomic E-state index is 4.50. The molecule has 114 valence electrons. The van der Waals surface area contributed by atoms with Crippen molar-refractivity contribution in [2.75, 3.05) is 0 Å². The Balaban J connectivity index is 1.78. The summed E-state index contributed by atoms with van der Waals surface area (Å²) in [5, 5.41) is 12.3. The molecule has 1 atom stereocenters. The number of benzene rings is 1. The summed E-state index contributed by atoms with van der Waals surface area (Å²) in [6.07, 6.45) is 5.63. The molecule has 21 heavy (non-hydrogen) atoms. The van der Waals surface area contributed by atoms with E-state index in [9.17, 15) is 0 Å². The van der Waals surface area contributed by atoms with Gasteiger partial charge in [-0.3, -0.25) is 0 Å². The SMILES string of the molecule is CC(C)CCCC(C)NCc1cnn(-c2ccccc2)n1. The molecule has 0 aliphatic rings. The average molecular weight is 286 g/mol. The summed E-state index contributed by atoms with van der Waals surface area (Å²) in [4.78, 5) is 1.68. The minimum Gasteiger partial charge on any atom is -0.309 e. The van der Waals surface area contributed by atoms with Crippen LogP contribution in [0.4, 0.5) is 0 Å². The first-order valence-corrected chi connectivity index (χ1v) is 7.85. The van der Waals surface area contributed by atoms with Crippen molar-refractivity contribution in [1.29, 1.82) is 0 Å². The number of nitrogens with zero attached hydrogens (tertiary/aromatic N) is 3. The van der Waals surface area contributed by atoms with Gasteiger partial charge in [0.15, 0.2) is 0 Å². The van der Waals surface area contributed by atoms with Crippen LogP contribution in [0.25, 0.3) is 5.69 Å². The summed E-state index contributed by atoms with van der Waals surface area (Å²) in [5.41, 5.74) is 1.98. The average Bonchev–Trinajstić information content (AvgIpc) is 2.94. The van der Waals surface area contributed by atoms with E-state index in [1.54, 1.807) is 4.80 Å². The Labute approximate surface area is 127 Å². The van der Waals surface area contributed by atoms with Crippen molar-refractivity contribution in [1.82, 2.24) is 20.3 Å². The van der Waals surface area contributed by atoms with Crippen molar-refractivity contribution < 1.29 is 0 Å². The first kappa shape index (κ1) is 15.7. The molecule has 1 aromatic carbocycles. The van der Waals surface area contributed by atoms with Gasteiger partial charge < -0.3 is 5.32 Å². The van der Waals surface area contributed by atoms with Crippen LogP contribution in [0.1, 0.15) is 45.7 Å². The van der Waals surface area contributed by atoms with Gasteiger partial charge in [-0.1, -0.05) is 44.9 Å². The summed E-state index contributed by atoms with van der Waals surface area (Å²) in [6.45, 7) is 7.57. The molecule has 0 aliphatic carbocycles. The lowest BCUT2D eigenvalue weighted by molar-refractivity contribution is 0.454. The molecule has 4 nitrogen and oxygen atoms in total. The van der Waals surface area contributed by atoms with E-state index in [2.05, 4.69) is 36.3 Å². The molecule has 4 heteroatoms. The molecule has 0 spiro atoms. The molecule has 1 aromatic heterocycles. The van der Waals surface area contributed by atoms with Crippen LogP contribution in [0.2, 0.25) is 0 Å². The van der Waals surface area contributed by atoms with E-state index in [0.717, 1.165) is 23.8 Å². The van der Waals surface area contributed by atoms with E-state index in [4.69, 9.17) is 0 Å². The van der Waals surface area contributed by atoms with Crippen LogP contribution in [0.3, 0.4) is 0 Å². The van der Waals surface area contributed by atoms with Crippen LogP contribution in [0, 0.1) is 5.92 Å². The molecule has 0 saturated heterocycles. The fourth-order valence-electron chi connectivity index (χ4n) is 2.27. The lowest BCUT2D eigenvalue weighted by Gasteiger charge is -2.13. The Hall–Kier alpha value is -1.68. The van der Waals surface area contributed by atoms with Crippen molar-refractivity contribution >= 4 is 0 Å². The zero-order chi connectivity index (χ0) is 15.1. The molecule has 1 heterocycles. The van der Waals surface area contributed by atoms with Gasteiger partial charge in [-0.05, 0) is 31.4 Å². The molecule has 0 saturated carbocycles. The quantitative estimate of drug-likeness (QED) is 0.806. The molecule has 0 bridgehead atoms. The standard InChI is InChI=1S/C17H26N4/c1-14(2)8-7-9-15(3)18-12-16-13-19-21(20-16)17-10-5-4-6-11-17/h4-6,10-11,13-15,18H,7-9,12H2,1-3H3. The van der Waals surface area contributed by atoms with Crippen LogP contribution >= 0.6 is 0 Å². The fourth-order valence-corrected chi connectivity index (χ4v) is 2.27. The van der Waals surface area contributed by atoms with E-state index in [1.165, 1.54) is 19.3 Å². The Morgan fingerprint density at radius 2 is 1.86 bits per heavy atom. The fraction of sp³-hybridized carbons (Fsp3) is 0.529. The molecule has 0 amide bonds. The van der Waals surface area contributed by atoms with Gasteiger partial charge in [-0.15, -0.1) is 0 Å². The van der Waals surface area contributed by atoms with Crippen LogP contribution in [-0.2, 0) is 6.54 Å². The van der Waals surface area contributed by atoms with Gasteiger partial charge in [0, 0.05) is 12.6 Å². The third kappa shape index (κ3) is 5.31. The number of hydrogen-bond acceptors (Lipinski definition) is 3. The molecular weight excluding hydrogens is 260 g/mol. The first-order chi connectivity index (χ1) is 10.1. The van der Waals surface area contributed by atoms with Crippen molar-refractivity contribution in [3.63, 3.8) is 0 Å². The maximum Gasteiger partial charge on any atom is 0.0969 e. The minimum absolute atomic E-state index is 0.519. The minimum atomic E-state index is 0.519. The van der Waals surface area contributed by atoms with Gasteiger partial charge >= 0.3 is 0 Å². The lowest BCUT2D eigenvalue weighted by Crippen LogP contribution is -2.25. The monoisotopic (exact) mass is 286 g/mol. The van der Waals surface area contributed by atoms with Crippen LogP contribution < -0.4 is 5.32 Å². The molecule has 2 aromatic rings. The van der Waals surface area contributed by atoms with E-state index < -0.39 is 0 Å². The predicted octanol–water partition coefficient (Wildman–Crippen LogP) is 3.57. The van der Waals surface area contributed by atoms with Crippen molar-refractivity contribution in [3.05, 3.63) is 42.2 Å². The number of aromatic nitrogens is 3. The normalized spacial score (nSPS) is 12.8. The smallest absolute Gasteiger partial charge is 0.0969 e. The zero-order valence-electron chi connectivity index (χ0n) is 13.3. The van der Waals surface area contributed by atoms with Crippen LogP contribution in [-0.4, -0.2) is 21.0 Å². The Kier molecular flexibility index (Phi) is 5.93. The second-order valence-corrected chi connectivity index (χ2v) is 6.07.